The first kappa shape index (κ1) is 43.0. The molecule has 4 fully saturated rings. The second-order valence-corrected chi connectivity index (χ2v) is 19.7. The highest BCUT2D eigenvalue weighted by Crippen LogP contribution is 2.63. The number of hydrogen-bond acceptors (Lipinski definition) is 4. The molecule has 312 valence electrons. The summed E-state index contributed by atoms with van der Waals surface area (Å²) >= 11 is -1.38. The van der Waals surface area contributed by atoms with Gasteiger partial charge in [0.1, 0.15) is 11.5 Å². The first-order valence-corrected chi connectivity index (χ1v) is 23.0. The van der Waals surface area contributed by atoms with E-state index in [0.29, 0.717) is 48.4 Å². The van der Waals surface area contributed by atoms with Gasteiger partial charge in [0, 0.05) is 19.0 Å². The minimum absolute atomic E-state index is 0.0256. The molecule has 0 bridgehead atoms. The highest BCUT2D eigenvalue weighted by Gasteiger charge is 2.57. The topological polar surface area (TPSA) is 87.1 Å². The number of nitrogens with zero attached hydrogens (tertiary/aromatic N) is 2. The van der Waals surface area contributed by atoms with Crippen LogP contribution in [-0.4, -0.2) is 86.0 Å². The van der Waals surface area contributed by atoms with E-state index in [9.17, 15) is 41.5 Å². The number of hydrogen-bond donors (Lipinski definition) is 2. The van der Waals surface area contributed by atoms with Gasteiger partial charge in [-0.25, -0.2) is 4.79 Å². The molecule has 2 heterocycles. The van der Waals surface area contributed by atoms with Crippen LogP contribution in [0.25, 0.3) is 0 Å². The summed E-state index contributed by atoms with van der Waals surface area (Å²) in [6, 6.07) is 7.25. The number of aliphatic hydroxyl groups excluding tert-OH is 1. The van der Waals surface area contributed by atoms with Gasteiger partial charge < -0.3 is 24.6 Å². The number of fused-ring (bicyclic) bond motifs is 5. The minimum atomic E-state index is -5.56. The third-order valence-corrected chi connectivity index (χ3v) is 16.2. The Bertz CT molecular complexity index is 1410. The smallest absolute Gasteiger partial charge is 0.453 e. The maximum Gasteiger partial charge on any atom is 0.453 e. The second-order valence-electron chi connectivity index (χ2n) is 18.0. The van der Waals surface area contributed by atoms with E-state index >= 15 is 0 Å². The van der Waals surface area contributed by atoms with Crippen molar-refractivity contribution in [1.29, 1.82) is 0 Å². The van der Waals surface area contributed by atoms with Gasteiger partial charge in [0.2, 0.25) is 0 Å². The number of alkyl halides is 5. The Morgan fingerprint density at radius 2 is 1.60 bits per heavy atom. The fourth-order valence-electron chi connectivity index (χ4n) is 11.6. The average Bonchev–Trinajstić information content (AvgIpc) is 3.46. The molecule has 2 saturated carbocycles. The third-order valence-electron chi connectivity index (χ3n) is 14.7. The molecular formula is C43H65F5N2O4S. The van der Waals surface area contributed by atoms with E-state index < -0.39 is 42.2 Å². The number of unbranched alkanes of at least 4 members (excludes halogenated alkanes) is 6. The van der Waals surface area contributed by atoms with Crippen LogP contribution in [0, 0.1) is 23.2 Å². The zero-order valence-electron chi connectivity index (χ0n) is 32.9. The van der Waals surface area contributed by atoms with Crippen LogP contribution in [-0.2, 0) is 17.6 Å². The van der Waals surface area contributed by atoms with E-state index in [1.165, 1.54) is 30.4 Å². The number of piperidine rings is 2. The monoisotopic (exact) mass is 800 g/mol. The summed E-state index contributed by atoms with van der Waals surface area (Å²) in [6.45, 7) is 5.13. The van der Waals surface area contributed by atoms with Crippen molar-refractivity contribution in [2.75, 3.05) is 31.1 Å². The van der Waals surface area contributed by atoms with Gasteiger partial charge in [0.15, 0.2) is 0 Å². The van der Waals surface area contributed by atoms with Gasteiger partial charge in [-0.05, 0) is 142 Å². The van der Waals surface area contributed by atoms with Gasteiger partial charge in [-0.15, -0.1) is 0 Å². The number of likely N-dealkylation sites (tertiary alicyclic amines) is 2. The summed E-state index contributed by atoms with van der Waals surface area (Å²) in [5.41, 5.74) is 3.98. The number of benzene rings is 1. The van der Waals surface area contributed by atoms with Crippen molar-refractivity contribution in [3.05, 3.63) is 34.9 Å². The van der Waals surface area contributed by atoms with Gasteiger partial charge in [-0.3, -0.25) is 0 Å². The van der Waals surface area contributed by atoms with Crippen molar-refractivity contribution < 1.29 is 41.5 Å². The molecule has 2 aliphatic heterocycles. The van der Waals surface area contributed by atoms with Crippen LogP contribution in [0.2, 0.25) is 0 Å². The Morgan fingerprint density at radius 1 is 0.909 bits per heavy atom. The lowest BCUT2D eigenvalue weighted by Gasteiger charge is -2.53. The summed E-state index contributed by atoms with van der Waals surface area (Å²) in [4.78, 5) is 16.8. The number of aliphatic hydroxyl groups is 1. The molecule has 0 radical (unpaired) electrons. The Hall–Kier alpha value is -1.63. The van der Waals surface area contributed by atoms with Crippen LogP contribution < -0.4 is 0 Å². The standard InChI is InChI=1S/C43H65F5N2O4S/c1-41-21-18-35-34-15-14-30(37-29-33(19-24-50(37)40(52)53)49-22-9-7-10-23-49)27-32(34)28-31(39(35)36(41)16-17-38(41)51)13-8-5-3-2-4-6-11-25-55(54)26-12-20-42(44,45)43(46,47)48/h14-15,27,31,33,35-39,51H,2-13,16-26,28-29H2,1H3,(H,52,53)/t31-,33?,35-,36+,37?,38?,39-,41+,55?/m1/s1. The summed E-state index contributed by atoms with van der Waals surface area (Å²) in [5.74, 6) is -2.45. The van der Waals surface area contributed by atoms with Crippen LogP contribution in [0.1, 0.15) is 158 Å². The number of halogens is 5. The molecule has 0 spiro atoms. The number of amides is 1. The third kappa shape index (κ3) is 9.98. The molecule has 5 aliphatic rings. The lowest BCUT2D eigenvalue weighted by molar-refractivity contribution is -0.284. The van der Waals surface area contributed by atoms with Gasteiger partial charge in [0.05, 0.1) is 12.1 Å². The summed E-state index contributed by atoms with van der Waals surface area (Å²) < 4.78 is 75.4. The predicted molar refractivity (Wildman–Crippen MR) is 207 cm³/mol. The Morgan fingerprint density at radius 3 is 2.31 bits per heavy atom. The van der Waals surface area contributed by atoms with Crippen LogP contribution in [0.4, 0.5) is 26.7 Å². The van der Waals surface area contributed by atoms with Gasteiger partial charge >= 0.3 is 18.2 Å². The van der Waals surface area contributed by atoms with Gasteiger partial charge in [-0.1, -0.05) is 74.8 Å². The van der Waals surface area contributed by atoms with Crippen molar-refractivity contribution >= 4 is 17.3 Å². The van der Waals surface area contributed by atoms with E-state index in [4.69, 9.17) is 0 Å². The van der Waals surface area contributed by atoms with Gasteiger partial charge in [0.25, 0.3) is 0 Å². The van der Waals surface area contributed by atoms with E-state index in [2.05, 4.69) is 30.0 Å². The number of carbonyl (C=O) groups is 1. The molecule has 6 nitrogen and oxygen atoms in total. The quantitative estimate of drug-likeness (QED) is 0.0988. The zero-order chi connectivity index (χ0) is 39.4. The Balaban J connectivity index is 1.03. The average molecular weight is 801 g/mol. The Labute approximate surface area is 328 Å². The SMILES string of the molecule is C[C@]12CC[C@@H]3c4ccc(C5CC(N6CCCCC6)CCN5C(=O)O)cc4C[C@@H](CCCCCCCCC[S+]([O-])CCCC(F)(F)C(F)(F)F)[C@H]3[C@@H]1CCC2O. The minimum Gasteiger partial charge on any atom is -0.616 e. The summed E-state index contributed by atoms with van der Waals surface area (Å²) in [6.07, 6.45) is 10.3. The fourth-order valence-corrected chi connectivity index (χ4v) is 12.8. The predicted octanol–water partition coefficient (Wildman–Crippen LogP) is 10.6. The second kappa shape index (κ2) is 18.5. The lowest BCUT2D eigenvalue weighted by atomic mass is 9.52. The van der Waals surface area contributed by atoms with Crippen molar-refractivity contribution in [1.82, 2.24) is 9.80 Å². The number of rotatable bonds is 16. The van der Waals surface area contributed by atoms with Crippen LogP contribution in [0.5, 0.6) is 0 Å². The molecule has 2 saturated heterocycles. The van der Waals surface area contributed by atoms with Crippen molar-refractivity contribution in [2.45, 2.75) is 172 Å². The molecule has 9 atom stereocenters. The first-order chi connectivity index (χ1) is 26.2. The molecule has 1 aromatic carbocycles. The van der Waals surface area contributed by atoms with Crippen LogP contribution in [0.15, 0.2) is 18.2 Å². The molecular weight excluding hydrogens is 736 g/mol. The first-order valence-electron chi connectivity index (χ1n) is 21.5. The van der Waals surface area contributed by atoms with Crippen molar-refractivity contribution in [3.63, 3.8) is 0 Å². The Kier molecular flexibility index (Phi) is 14.5. The molecule has 1 aromatic rings. The molecule has 2 N–H and O–H groups in total. The van der Waals surface area contributed by atoms with E-state index in [1.54, 1.807) is 4.90 Å². The van der Waals surface area contributed by atoms with Gasteiger partial charge in [-0.2, -0.15) is 22.0 Å². The maximum absolute atomic E-state index is 13.1. The largest absolute Gasteiger partial charge is 0.616 e. The molecule has 3 aliphatic carbocycles. The highest BCUT2D eigenvalue weighted by molar-refractivity contribution is 7.91. The van der Waals surface area contributed by atoms with Crippen LogP contribution in [0.3, 0.4) is 0 Å². The molecule has 1 amide bonds. The number of carboxylic acid groups (broad SMARTS) is 1. The highest BCUT2D eigenvalue weighted by atomic mass is 32.2. The normalized spacial score (nSPS) is 32.1. The molecule has 55 heavy (non-hydrogen) atoms. The van der Waals surface area contributed by atoms with E-state index in [0.717, 1.165) is 109 Å². The zero-order valence-corrected chi connectivity index (χ0v) is 33.7. The van der Waals surface area contributed by atoms with E-state index in [-0.39, 0.29) is 23.3 Å². The van der Waals surface area contributed by atoms with Crippen molar-refractivity contribution in [3.8, 4) is 0 Å². The van der Waals surface area contributed by atoms with Crippen LogP contribution >= 0.6 is 0 Å². The molecule has 12 heteroatoms. The molecule has 4 unspecified atom stereocenters. The summed E-state index contributed by atoms with van der Waals surface area (Å²) in [5, 5.41) is 21.4. The van der Waals surface area contributed by atoms with E-state index in [1.807, 2.05) is 0 Å². The van der Waals surface area contributed by atoms with Crippen molar-refractivity contribution in [2.24, 2.45) is 23.2 Å². The lowest BCUT2D eigenvalue weighted by Crippen LogP contribution is -2.49. The summed E-state index contributed by atoms with van der Waals surface area (Å²) in [7, 11) is 0. The maximum atomic E-state index is 13.1. The molecule has 0 aromatic heterocycles. The fraction of sp³-hybridized carbons (Fsp3) is 0.837. The molecule has 6 rings (SSSR count).